The highest BCUT2D eigenvalue weighted by atomic mass is 35.5. The van der Waals surface area contributed by atoms with Crippen LogP contribution < -0.4 is 10.1 Å². The zero-order chi connectivity index (χ0) is 28.7. The number of hydrogen-bond acceptors (Lipinski definition) is 4. The Bertz CT molecular complexity index is 1310. The van der Waals surface area contributed by atoms with E-state index in [0.29, 0.717) is 12.5 Å². The van der Waals surface area contributed by atoms with Gasteiger partial charge in [0.2, 0.25) is 11.8 Å². The average molecular weight is 602 g/mol. The van der Waals surface area contributed by atoms with E-state index < -0.39 is 12.1 Å². The van der Waals surface area contributed by atoms with Gasteiger partial charge in [0.1, 0.15) is 23.6 Å². The predicted molar refractivity (Wildman–Crippen MR) is 172 cm³/mol. The second-order valence-corrected chi connectivity index (χ2v) is 12.4. The zero-order valence-corrected chi connectivity index (χ0v) is 25.7. The van der Waals surface area contributed by atoms with Crippen molar-refractivity contribution in [2.75, 3.05) is 13.1 Å². The number of ether oxygens (including phenoxy) is 1. The van der Waals surface area contributed by atoms with Crippen molar-refractivity contribution in [2.45, 2.75) is 76.5 Å². The van der Waals surface area contributed by atoms with Crippen LogP contribution in [-0.4, -0.2) is 46.8 Å². The van der Waals surface area contributed by atoms with E-state index in [-0.39, 0.29) is 30.1 Å². The van der Waals surface area contributed by atoms with Crippen LogP contribution in [0.5, 0.6) is 11.5 Å². The summed E-state index contributed by atoms with van der Waals surface area (Å²) < 4.78 is 5.94. The molecule has 0 spiro atoms. The Balaban J connectivity index is 0.00000368. The number of benzene rings is 3. The summed E-state index contributed by atoms with van der Waals surface area (Å²) in [6, 6.07) is 27.5. The van der Waals surface area contributed by atoms with Gasteiger partial charge in [-0.1, -0.05) is 92.8 Å². The Morgan fingerprint density at radius 1 is 0.698 bits per heavy atom. The Kier molecular flexibility index (Phi) is 10.8. The summed E-state index contributed by atoms with van der Waals surface area (Å²) in [6.45, 7) is 3.19. The molecule has 1 saturated carbocycles. The number of carbonyl (C=O) groups excluding carboxylic acids is 2. The van der Waals surface area contributed by atoms with Crippen LogP contribution in [0.4, 0.5) is 0 Å². The quantitative estimate of drug-likeness (QED) is 0.287. The van der Waals surface area contributed by atoms with Crippen LogP contribution in [0.1, 0.15) is 62.5 Å². The fourth-order valence-corrected chi connectivity index (χ4v) is 7.11. The average Bonchev–Trinajstić information content (AvgIpc) is 3.03. The van der Waals surface area contributed by atoms with Crippen molar-refractivity contribution < 1.29 is 14.3 Å². The van der Waals surface area contributed by atoms with Gasteiger partial charge in [-0.15, -0.1) is 12.4 Å². The van der Waals surface area contributed by atoms with Gasteiger partial charge in [-0.2, -0.15) is 0 Å². The number of piperidine rings is 1. The van der Waals surface area contributed by atoms with E-state index in [0.717, 1.165) is 56.0 Å². The standard InChI is InChI=1S/C36H43N3O3.ClH/c40-35-34(39(26-28-12-6-2-7-13-28)36(41)33(37-35)24-27-10-4-1-5-11-27)30-20-22-38(23-21-30)25-29-16-18-32(19-17-29)42-31-14-8-3-9-15-31;/h2-3,6-9,12-19,27,30,33-34H,1,4-5,10-11,20-26H2,(H,37,40);1H/t33-,34-;/m0./s1. The topological polar surface area (TPSA) is 61.9 Å². The molecule has 2 amide bonds. The van der Waals surface area contributed by atoms with E-state index in [9.17, 15) is 9.59 Å². The lowest BCUT2D eigenvalue weighted by Crippen LogP contribution is -2.65. The lowest BCUT2D eigenvalue weighted by Gasteiger charge is -2.45. The van der Waals surface area contributed by atoms with Crippen molar-refractivity contribution in [3.8, 4) is 11.5 Å². The number of rotatable bonds is 9. The lowest BCUT2D eigenvalue weighted by molar-refractivity contribution is -0.154. The summed E-state index contributed by atoms with van der Waals surface area (Å²) in [5.74, 6) is 2.50. The van der Waals surface area contributed by atoms with Gasteiger partial charge in [0.15, 0.2) is 0 Å². The number of nitrogens with one attached hydrogen (secondary N) is 1. The smallest absolute Gasteiger partial charge is 0.246 e. The molecule has 43 heavy (non-hydrogen) atoms. The molecule has 0 aromatic heterocycles. The fourth-order valence-electron chi connectivity index (χ4n) is 7.11. The second kappa shape index (κ2) is 14.9. The van der Waals surface area contributed by atoms with E-state index in [2.05, 4.69) is 34.5 Å². The summed E-state index contributed by atoms with van der Waals surface area (Å²) in [5, 5.41) is 3.19. The minimum atomic E-state index is -0.406. The van der Waals surface area contributed by atoms with Crippen LogP contribution in [0.2, 0.25) is 0 Å². The Labute approximate surface area is 262 Å². The van der Waals surface area contributed by atoms with Crippen molar-refractivity contribution in [3.63, 3.8) is 0 Å². The van der Waals surface area contributed by atoms with E-state index in [1.54, 1.807) is 0 Å². The minimum absolute atomic E-state index is 0. The second-order valence-electron chi connectivity index (χ2n) is 12.4. The zero-order valence-electron chi connectivity index (χ0n) is 24.9. The molecule has 0 bridgehead atoms. The van der Waals surface area contributed by atoms with Crippen LogP contribution in [0.25, 0.3) is 0 Å². The maximum absolute atomic E-state index is 13.9. The summed E-state index contributed by atoms with van der Waals surface area (Å²) >= 11 is 0. The molecule has 228 valence electrons. The van der Waals surface area contributed by atoms with Gasteiger partial charge in [0.05, 0.1) is 0 Å². The van der Waals surface area contributed by atoms with Crippen LogP contribution in [0.15, 0.2) is 84.9 Å². The van der Waals surface area contributed by atoms with Crippen LogP contribution >= 0.6 is 12.4 Å². The first kappa shape index (κ1) is 31.1. The molecular formula is C36H44ClN3O3. The van der Waals surface area contributed by atoms with Crippen molar-refractivity contribution in [3.05, 3.63) is 96.1 Å². The number of hydrogen-bond donors (Lipinski definition) is 1. The first-order chi connectivity index (χ1) is 20.6. The summed E-state index contributed by atoms with van der Waals surface area (Å²) in [6.07, 6.45) is 8.68. The molecule has 6 rings (SSSR count). The van der Waals surface area contributed by atoms with Gasteiger partial charge in [0, 0.05) is 13.1 Å². The number of carbonyl (C=O) groups is 2. The van der Waals surface area contributed by atoms with Gasteiger partial charge in [-0.05, 0) is 79.6 Å². The highest BCUT2D eigenvalue weighted by molar-refractivity contribution is 5.97. The molecule has 1 aliphatic carbocycles. The van der Waals surface area contributed by atoms with E-state index >= 15 is 0 Å². The SMILES string of the molecule is Cl.O=C1N[C@@H](CC2CCCCC2)C(=O)N(Cc2ccccc2)[C@H]1C1CCN(Cc2ccc(Oc3ccccc3)cc2)CC1. The van der Waals surface area contributed by atoms with Gasteiger partial charge >= 0.3 is 0 Å². The molecule has 0 radical (unpaired) electrons. The van der Waals surface area contributed by atoms with E-state index in [1.807, 2.05) is 65.6 Å². The van der Waals surface area contributed by atoms with Gasteiger partial charge in [-0.25, -0.2) is 0 Å². The molecule has 2 heterocycles. The third-order valence-corrected chi connectivity index (χ3v) is 9.38. The molecule has 0 unspecified atom stereocenters. The van der Waals surface area contributed by atoms with Gasteiger partial charge in [0.25, 0.3) is 0 Å². The molecule has 2 aliphatic heterocycles. The normalized spacial score (nSPS) is 22.1. The first-order valence-corrected chi connectivity index (χ1v) is 15.8. The summed E-state index contributed by atoms with van der Waals surface area (Å²) in [5.41, 5.74) is 2.33. The van der Waals surface area contributed by atoms with Crippen LogP contribution in [-0.2, 0) is 22.7 Å². The molecule has 3 aromatic carbocycles. The van der Waals surface area contributed by atoms with E-state index in [4.69, 9.17) is 4.74 Å². The molecule has 3 fully saturated rings. The fraction of sp³-hybridized carbons (Fsp3) is 0.444. The van der Waals surface area contributed by atoms with E-state index in [1.165, 1.54) is 37.7 Å². The summed E-state index contributed by atoms with van der Waals surface area (Å²) in [7, 11) is 0. The predicted octanol–water partition coefficient (Wildman–Crippen LogP) is 6.98. The molecule has 2 atom stereocenters. The number of halogens is 1. The number of nitrogens with zero attached hydrogens (tertiary/aromatic N) is 2. The molecule has 7 heteroatoms. The van der Waals surface area contributed by atoms with Crippen LogP contribution in [0.3, 0.4) is 0 Å². The molecule has 2 saturated heterocycles. The maximum Gasteiger partial charge on any atom is 0.246 e. The monoisotopic (exact) mass is 601 g/mol. The molecular weight excluding hydrogens is 558 g/mol. The third kappa shape index (κ3) is 7.98. The number of piperazine rings is 1. The van der Waals surface area contributed by atoms with Crippen molar-refractivity contribution >= 4 is 24.2 Å². The van der Waals surface area contributed by atoms with Gasteiger partial charge < -0.3 is 15.0 Å². The van der Waals surface area contributed by atoms with Crippen LogP contribution in [0, 0.1) is 11.8 Å². The highest BCUT2D eigenvalue weighted by Gasteiger charge is 2.45. The number of amides is 2. The summed E-state index contributed by atoms with van der Waals surface area (Å²) in [4.78, 5) is 32.0. The lowest BCUT2D eigenvalue weighted by atomic mass is 9.82. The molecule has 6 nitrogen and oxygen atoms in total. The van der Waals surface area contributed by atoms with Crippen molar-refractivity contribution in [2.24, 2.45) is 11.8 Å². The van der Waals surface area contributed by atoms with Gasteiger partial charge in [-0.3, -0.25) is 14.5 Å². The molecule has 1 N–H and O–H groups in total. The third-order valence-electron chi connectivity index (χ3n) is 9.38. The number of likely N-dealkylation sites (tertiary alicyclic amines) is 1. The minimum Gasteiger partial charge on any atom is -0.457 e. The van der Waals surface area contributed by atoms with Crippen molar-refractivity contribution in [1.29, 1.82) is 0 Å². The first-order valence-electron chi connectivity index (χ1n) is 15.8. The highest BCUT2D eigenvalue weighted by Crippen LogP contribution is 2.33. The largest absolute Gasteiger partial charge is 0.457 e. The maximum atomic E-state index is 13.9. The molecule has 3 aromatic rings. The van der Waals surface area contributed by atoms with Crippen molar-refractivity contribution in [1.82, 2.24) is 15.1 Å². The Morgan fingerprint density at radius 2 is 1.30 bits per heavy atom. The Morgan fingerprint density at radius 3 is 1.98 bits per heavy atom. The number of para-hydroxylation sites is 1. The Hall–Kier alpha value is -3.35. The molecule has 3 aliphatic rings.